The van der Waals surface area contributed by atoms with Gasteiger partial charge in [0, 0.05) is 13.6 Å². The van der Waals surface area contributed by atoms with Crippen LogP contribution in [0.4, 0.5) is 4.79 Å². The fraction of sp³-hybridized carbons (Fsp3) is 0.385. The lowest BCUT2D eigenvalue weighted by molar-refractivity contribution is -0.130. The highest BCUT2D eigenvalue weighted by Crippen LogP contribution is 2.22. The molecule has 0 N–H and O–H groups in total. The van der Waals surface area contributed by atoms with Gasteiger partial charge in [-0.2, -0.15) is 0 Å². The summed E-state index contributed by atoms with van der Waals surface area (Å²) < 4.78 is 5.07. The quantitative estimate of drug-likeness (QED) is 0.630. The summed E-state index contributed by atoms with van der Waals surface area (Å²) in [5.74, 6) is 0.499. The number of amides is 3. The molecule has 1 unspecified atom stereocenters. The zero-order valence-electron chi connectivity index (χ0n) is 10.8. The summed E-state index contributed by atoms with van der Waals surface area (Å²) in [6, 6.07) is 7.01. The molecule has 1 aromatic rings. The third kappa shape index (κ3) is 2.81. The van der Waals surface area contributed by atoms with E-state index in [1.54, 1.807) is 7.11 Å². The Morgan fingerprint density at radius 1 is 1.32 bits per heavy atom. The minimum absolute atomic E-state index is 0.139. The second-order valence-corrected chi connectivity index (χ2v) is 4.85. The van der Waals surface area contributed by atoms with Gasteiger partial charge in [0.25, 0.3) is 0 Å². The van der Waals surface area contributed by atoms with Crippen LogP contribution in [0.25, 0.3) is 0 Å². The first kappa shape index (κ1) is 13.7. The maximum Gasteiger partial charge on any atom is 0.327 e. The number of carbonyl (C=O) groups is 2. The van der Waals surface area contributed by atoms with Gasteiger partial charge >= 0.3 is 6.03 Å². The number of benzene rings is 1. The summed E-state index contributed by atoms with van der Waals surface area (Å²) in [7, 11) is 3.06. The lowest BCUT2D eigenvalue weighted by Gasteiger charge is -2.35. The van der Waals surface area contributed by atoms with Crippen LogP contribution in [0.3, 0.4) is 0 Å². The largest absolute Gasteiger partial charge is 0.497 e. The highest BCUT2D eigenvalue weighted by molar-refractivity contribution is 6.23. The molecule has 1 aliphatic rings. The van der Waals surface area contributed by atoms with Gasteiger partial charge in [0.15, 0.2) is 0 Å². The number of nitrogens with zero attached hydrogens (tertiary/aromatic N) is 2. The normalized spacial score (nSPS) is 19.8. The summed E-state index contributed by atoms with van der Waals surface area (Å²) in [5.41, 5.74) is 0.334. The van der Waals surface area contributed by atoms with Crippen molar-refractivity contribution in [3.05, 3.63) is 29.8 Å². The second kappa shape index (κ2) is 5.48. The Bertz CT molecular complexity index is 489. The smallest absolute Gasteiger partial charge is 0.327 e. The maximum atomic E-state index is 12.0. The van der Waals surface area contributed by atoms with Crippen molar-refractivity contribution in [3.63, 3.8) is 0 Å². The Balaban J connectivity index is 2.12. The van der Waals surface area contributed by atoms with E-state index >= 15 is 0 Å². The van der Waals surface area contributed by atoms with Crippen molar-refractivity contribution in [2.75, 3.05) is 14.2 Å². The third-order valence-electron chi connectivity index (χ3n) is 3.10. The minimum atomic E-state index is -0.599. The molecule has 1 aliphatic heterocycles. The standard InChI is InChI=1S/C13H15ClN2O3/c1-15-12(17)7-11(14)16(13(15)18)8-9-3-5-10(19-2)6-4-9/h3-6,11H,7-8H2,1-2H3. The molecule has 0 saturated carbocycles. The van der Waals surface area contributed by atoms with E-state index in [0.717, 1.165) is 16.2 Å². The zero-order valence-corrected chi connectivity index (χ0v) is 11.6. The van der Waals surface area contributed by atoms with Crippen molar-refractivity contribution in [2.45, 2.75) is 18.5 Å². The Hall–Kier alpha value is -1.75. The molecule has 1 heterocycles. The van der Waals surface area contributed by atoms with Crippen LogP contribution in [0.2, 0.25) is 0 Å². The molecular formula is C13H15ClN2O3. The highest BCUT2D eigenvalue weighted by Gasteiger charge is 2.35. The monoisotopic (exact) mass is 282 g/mol. The van der Waals surface area contributed by atoms with E-state index < -0.39 is 5.50 Å². The van der Waals surface area contributed by atoms with E-state index in [-0.39, 0.29) is 18.4 Å². The fourth-order valence-corrected chi connectivity index (χ4v) is 2.19. The maximum absolute atomic E-state index is 12.0. The number of imide groups is 1. The first-order valence-corrected chi connectivity index (χ1v) is 6.30. The molecule has 0 spiro atoms. The van der Waals surface area contributed by atoms with E-state index in [1.165, 1.54) is 11.9 Å². The average Bonchev–Trinajstić information content (AvgIpc) is 2.42. The molecule has 3 amide bonds. The Morgan fingerprint density at radius 2 is 1.95 bits per heavy atom. The molecule has 1 saturated heterocycles. The summed E-state index contributed by atoms with van der Waals surface area (Å²) in [5, 5.41) is 0. The van der Waals surface area contributed by atoms with Crippen LogP contribution >= 0.6 is 11.6 Å². The Kier molecular flexibility index (Phi) is 3.95. The number of halogens is 1. The van der Waals surface area contributed by atoms with Gasteiger partial charge in [0.2, 0.25) is 5.91 Å². The van der Waals surface area contributed by atoms with Crippen LogP contribution < -0.4 is 4.74 Å². The number of hydrogen-bond donors (Lipinski definition) is 0. The number of methoxy groups -OCH3 is 1. The van der Waals surface area contributed by atoms with Gasteiger partial charge in [-0.1, -0.05) is 23.7 Å². The topological polar surface area (TPSA) is 49.9 Å². The first-order chi connectivity index (χ1) is 9.02. The molecule has 19 heavy (non-hydrogen) atoms. The van der Waals surface area contributed by atoms with E-state index in [4.69, 9.17) is 16.3 Å². The molecule has 1 atom stereocenters. The first-order valence-electron chi connectivity index (χ1n) is 5.87. The van der Waals surface area contributed by atoms with Gasteiger partial charge in [-0.15, -0.1) is 0 Å². The van der Waals surface area contributed by atoms with E-state index in [9.17, 15) is 9.59 Å². The number of alkyl halides is 1. The molecule has 102 valence electrons. The number of carbonyl (C=O) groups excluding carboxylic acids is 2. The summed E-state index contributed by atoms with van der Waals surface area (Å²) >= 11 is 6.08. The summed E-state index contributed by atoms with van der Waals surface area (Å²) in [6.45, 7) is 0.370. The Labute approximate surface area is 116 Å². The lowest BCUT2D eigenvalue weighted by Crippen LogP contribution is -2.53. The van der Waals surface area contributed by atoms with Crippen molar-refractivity contribution < 1.29 is 14.3 Å². The molecule has 6 heteroatoms. The molecule has 0 radical (unpaired) electrons. The van der Waals surface area contributed by atoms with Crippen molar-refractivity contribution in [2.24, 2.45) is 0 Å². The van der Waals surface area contributed by atoms with E-state index in [2.05, 4.69) is 0 Å². The lowest BCUT2D eigenvalue weighted by atomic mass is 10.2. The van der Waals surface area contributed by atoms with Gasteiger partial charge < -0.3 is 9.64 Å². The van der Waals surface area contributed by atoms with Crippen molar-refractivity contribution in [3.8, 4) is 5.75 Å². The van der Waals surface area contributed by atoms with E-state index in [0.29, 0.717) is 6.54 Å². The zero-order chi connectivity index (χ0) is 14.0. The van der Waals surface area contributed by atoms with E-state index in [1.807, 2.05) is 24.3 Å². The highest BCUT2D eigenvalue weighted by atomic mass is 35.5. The SMILES string of the molecule is COc1ccc(CN2C(=O)N(C)C(=O)CC2Cl)cc1. The molecular weight excluding hydrogens is 268 g/mol. The average molecular weight is 283 g/mol. The molecule has 1 fully saturated rings. The van der Waals surface area contributed by atoms with Crippen LogP contribution in [0.1, 0.15) is 12.0 Å². The van der Waals surface area contributed by atoms with Crippen molar-refractivity contribution >= 4 is 23.5 Å². The Morgan fingerprint density at radius 3 is 2.53 bits per heavy atom. The minimum Gasteiger partial charge on any atom is -0.497 e. The number of hydrogen-bond acceptors (Lipinski definition) is 3. The second-order valence-electron chi connectivity index (χ2n) is 4.35. The summed E-state index contributed by atoms with van der Waals surface area (Å²) in [4.78, 5) is 26.0. The van der Waals surface area contributed by atoms with Gasteiger partial charge in [-0.3, -0.25) is 9.69 Å². The van der Waals surface area contributed by atoms with Crippen LogP contribution in [0.5, 0.6) is 5.75 Å². The van der Waals surface area contributed by atoms with Crippen LogP contribution in [0.15, 0.2) is 24.3 Å². The molecule has 0 aromatic heterocycles. The van der Waals surface area contributed by atoms with Crippen LogP contribution in [-0.4, -0.2) is 41.4 Å². The molecule has 0 bridgehead atoms. The third-order valence-corrected chi connectivity index (χ3v) is 3.49. The van der Waals surface area contributed by atoms with Gasteiger partial charge in [0.1, 0.15) is 11.3 Å². The number of rotatable bonds is 3. The van der Waals surface area contributed by atoms with Crippen molar-refractivity contribution in [1.29, 1.82) is 0 Å². The van der Waals surface area contributed by atoms with Gasteiger partial charge in [-0.25, -0.2) is 4.79 Å². The molecule has 5 nitrogen and oxygen atoms in total. The predicted octanol–water partition coefficient (Wildman–Crippen LogP) is 2.04. The molecule has 1 aromatic carbocycles. The predicted molar refractivity (Wildman–Crippen MR) is 71.0 cm³/mol. The van der Waals surface area contributed by atoms with Crippen LogP contribution in [0, 0.1) is 0 Å². The van der Waals surface area contributed by atoms with Crippen LogP contribution in [-0.2, 0) is 11.3 Å². The number of ether oxygens (including phenoxy) is 1. The van der Waals surface area contributed by atoms with Crippen molar-refractivity contribution in [1.82, 2.24) is 9.80 Å². The number of urea groups is 1. The molecule has 2 rings (SSSR count). The molecule has 0 aliphatic carbocycles. The fourth-order valence-electron chi connectivity index (χ4n) is 1.90. The summed E-state index contributed by atoms with van der Waals surface area (Å²) in [6.07, 6.45) is 0.139. The van der Waals surface area contributed by atoms with Gasteiger partial charge in [0.05, 0.1) is 13.5 Å². The van der Waals surface area contributed by atoms with Gasteiger partial charge in [-0.05, 0) is 17.7 Å².